The van der Waals surface area contributed by atoms with Crippen molar-refractivity contribution in [2.75, 3.05) is 14.2 Å². The highest BCUT2D eigenvalue weighted by Crippen LogP contribution is 2.42. The summed E-state index contributed by atoms with van der Waals surface area (Å²) >= 11 is 0. The number of rotatable bonds is 8. The summed E-state index contributed by atoms with van der Waals surface area (Å²) in [6, 6.07) is 14.6. The monoisotopic (exact) mass is 488 g/mol. The number of aliphatic hydroxyl groups excluding tert-OH is 1. The summed E-state index contributed by atoms with van der Waals surface area (Å²) in [5.74, 6) is -0.157. The number of benzene rings is 2. The second kappa shape index (κ2) is 10.5. The Morgan fingerprint density at radius 1 is 1.03 bits per heavy atom. The first-order valence-electron chi connectivity index (χ1n) is 11.5. The Labute approximate surface area is 209 Å². The third-order valence-corrected chi connectivity index (χ3v) is 5.84. The molecule has 1 atom stereocenters. The zero-order chi connectivity index (χ0) is 25.8. The Morgan fingerprint density at radius 2 is 1.75 bits per heavy atom. The van der Waals surface area contributed by atoms with Crippen molar-refractivity contribution in [3.05, 3.63) is 89.3 Å². The number of nitrogens with zero attached hydrogens (tertiary/aromatic N) is 2. The van der Waals surface area contributed by atoms with Crippen molar-refractivity contribution in [1.29, 1.82) is 0 Å². The van der Waals surface area contributed by atoms with Crippen molar-refractivity contribution in [3.63, 3.8) is 0 Å². The standard InChI is InChI=1S/C28H28N2O6/c1-17(2)36-21-10-7-19(8-11-21)26(31)24-25(20-9-12-22(34-3)23(14-20)35-4)30(28(33)27(24)32)16-18-6-5-13-29-15-18/h5-15,17,25,31H,16H2,1-4H3/b26-24-. The van der Waals surface area contributed by atoms with Gasteiger partial charge in [0.05, 0.1) is 31.9 Å². The van der Waals surface area contributed by atoms with E-state index in [1.54, 1.807) is 60.9 Å². The van der Waals surface area contributed by atoms with Crippen LogP contribution in [0.4, 0.5) is 0 Å². The Hall–Kier alpha value is -4.33. The number of ether oxygens (including phenoxy) is 3. The number of likely N-dealkylation sites (tertiary alicyclic amines) is 1. The molecule has 1 amide bonds. The van der Waals surface area contributed by atoms with Crippen LogP contribution in [-0.2, 0) is 16.1 Å². The Kier molecular flexibility index (Phi) is 7.24. The van der Waals surface area contributed by atoms with Gasteiger partial charge in [0.1, 0.15) is 11.5 Å². The average molecular weight is 489 g/mol. The predicted octanol–water partition coefficient (Wildman–Crippen LogP) is 4.51. The van der Waals surface area contributed by atoms with Gasteiger partial charge >= 0.3 is 0 Å². The molecule has 8 heteroatoms. The smallest absolute Gasteiger partial charge is 0.295 e. The number of aromatic nitrogens is 1. The molecule has 0 spiro atoms. The number of hydrogen-bond acceptors (Lipinski definition) is 7. The summed E-state index contributed by atoms with van der Waals surface area (Å²) < 4.78 is 16.5. The fourth-order valence-electron chi connectivity index (χ4n) is 4.22. The molecule has 0 saturated carbocycles. The zero-order valence-corrected chi connectivity index (χ0v) is 20.6. The summed E-state index contributed by atoms with van der Waals surface area (Å²) in [5, 5.41) is 11.3. The maximum atomic E-state index is 13.3. The van der Waals surface area contributed by atoms with Gasteiger partial charge in [0.15, 0.2) is 11.5 Å². The van der Waals surface area contributed by atoms with Crippen LogP contribution in [-0.4, -0.2) is 47.0 Å². The Bertz CT molecular complexity index is 1290. The molecular weight excluding hydrogens is 460 g/mol. The molecule has 3 aromatic rings. The lowest BCUT2D eigenvalue weighted by Gasteiger charge is -2.26. The van der Waals surface area contributed by atoms with E-state index in [9.17, 15) is 14.7 Å². The number of carbonyl (C=O) groups excluding carboxylic acids is 2. The molecule has 1 aliphatic rings. The van der Waals surface area contributed by atoms with Crippen molar-refractivity contribution < 1.29 is 28.9 Å². The molecule has 4 rings (SSSR count). The fraction of sp³-hybridized carbons (Fsp3) is 0.250. The third kappa shape index (κ3) is 4.88. The normalized spacial score (nSPS) is 16.9. The number of Topliss-reactive ketones (excluding diaryl/α,β-unsaturated/α-hetero) is 1. The van der Waals surface area contributed by atoms with Crippen molar-refractivity contribution in [2.24, 2.45) is 0 Å². The minimum Gasteiger partial charge on any atom is -0.507 e. The SMILES string of the molecule is COc1ccc(C2/C(=C(/O)c3ccc(OC(C)C)cc3)C(=O)C(=O)N2Cc2cccnc2)cc1OC. The number of amides is 1. The van der Waals surface area contributed by atoms with Crippen LogP contribution in [0.15, 0.2) is 72.6 Å². The van der Waals surface area contributed by atoms with E-state index in [4.69, 9.17) is 14.2 Å². The van der Waals surface area contributed by atoms with E-state index in [0.29, 0.717) is 28.4 Å². The van der Waals surface area contributed by atoms with Crippen LogP contribution < -0.4 is 14.2 Å². The molecule has 0 aliphatic carbocycles. The van der Waals surface area contributed by atoms with Crippen molar-refractivity contribution in [2.45, 2.75) is 32.5 Å². The van der Waals surface area contributed by atoms with Gasteiger partial charge in [-0.15, -0.1) is 0 Å². The van der Waals surface area contributed by atoms with Crippen LogP contribution in [0.1, 0.15) is 36.6 Å². The summed E-state index contributed by atoms with van der Waals surface area (Å²) in [6.45, 7) is 3.97. The molecule has 0 bridgehead atoms. The summed E-state index contributed by atoms with van der Waals surface area (Å²) in [4.78, 5) is 32.1. The maximum absolute atomic E-state index is 13.3. The first kappa shape index (κ1) is 24.8. The molecule has 2 heterocycles. The van der Waals surface area contributed by atoms with Crippen LogP contribution in [0.5, 0.6) is 17.2 Å². The van der Waals surface area contributed by atoms with E-state index < -0.39 is 17.7 Å². The van der Waals surface area contributed by atoms with Crippen LogP contribution in [0.3, 0.4) is 0 Å². The second-order valence-corrected chi connectivity index (χ2v) is 8.59. The van der Waals surface area contributed by atoms with Crippen molar-refractivity contribution in [1.82, 2.24) is 9.88 Å². The van der Waals surface area contributed by atoms with E-state index in [2.05, 4.69) is 4.98 Å². The van der Waals surface area contributed by atoms with Gasteiger partial charge in [-0.25, -0.2) is 0 Å². The Balaban J connectivity index is 1.84. The highest BCUT2D eigenvalue weighted by Gasteiger charge is 2.46. The number of methoxy groups -OCH3 is 2. The van der Waals surface area contributed by atoms with Gasteiger partial charge in [0, 0.05) is 24.5 Å². The highest BCUT2D eigenvalue weighted by molar-refractivity contribution is 6.46. The summed E-state index contributed by atoms with van der Waals surface area (Å²) in [7, 11) is 3.04. The largest absolute Gasteiger partial charge is 0.507 e. The molecule has 2 aromatic carbocycles. The third-order valence-electron chi connectivity index (χ3n) is 5.84. The van der Waals surface area contributed by atoms with Crippen LogP contribution in [0.25, 0.3) is 5.76 Å². The first-order chi connectivity index (χ1) is 17.3. The summed E-state index contributed by atoms with van der Waals surface area (Å²) in [5.41, 5.74) is 1.74. The topological polar surface area (TPSA) is 98.2 Å². The molecule has 0 radical (unpaired) electrons. The van der Waals surface area contributed by atoms with Crippen LogP contribution >= 0.6 is 0 Å². The number of hydrogen-bond donors (Lipinski definition) is 1. The van der Waals surface area contributed by atoms with E-state index >= 15 is 0 Å². The lowest BCUT2D eigenvalue weighted by molar-refractivity contribution is -0.140. The molecule has 1 saturated heterocycles. The lowest BCUT2D eigenvalue weighted by atomic mass is 9.94. The van der Waals surface area contributed by atoms with E-state index in [-0.39, 0.29) is 24.0 Å². The molecule has 1 aliphatic heterocycles. The minimum absolute atomic E-state index is 0.00589. The van der Waals surface area contributed by atoms with Crippen molar-refractivity contribution in [3.8, 4) is 17.2 Å². The molecule has 186 valence electrons. The first-order valence-corrected chi connectivity index (χ1v) is 11.5. The number of pyridine rings is 1. The molecule has 1 fully saturated rings. The highest BCUT2D eigenvalue weighted by atomic mass is 16.5. The van der Waals surface area contributed by atoms with Gasteiger partial charge in [-0.3, -0.25) is 14.6 Å². The van der Waals surface area contributed by atoms with Gasteiger partial charge in [0.2, 0.25) is 0 Å². The quantitative estimate of drug-likeness (QED) is 0.283. The van der Waals surface area contributed by atoms with Gasteiger partial charge in [-0.05, 0) is 67.4 Å². The van der Waals surface area contributed by atoms with Crippen molar-refractivity contribution >= 4 is 17.4 Å². The van der Waals surface area contributed by atoms with Gasteiger partial charge < -0.3 is 24.2 Å². The minimum atomic E-state index is -0.850. The number of ketones is 1. The van der Waals surface area contributed by atoms with Gasteiger partial charge in [-0.1, -0.05) is 12.1 Å². The molecular formula is C28H28N2O6. The van der Waals surface area contributed by atoms with Crippen LogP contribution in [0.2, 0.25) is 0 Å². The summed E-state index contributed by atoms with van der Waals surface area (Å²) in [6.07, 6.45) is 3.27. The molecule has 1 unspecified atom stereocenters. The fourth-order valence-corrected chi connectivity index (χ4v) is 4.22. The zero-order valence-electron chi connectivity index (χ0n) is 20.6. The van der Waals surface area contributed by atoms with Gasteiger partial charge in [-0.2, -0.15) is 0 Å². The van der Waals surface area contributed by atoms with E-state index in [1.807, 2.05) is 19.9 Å². The predicted molar refractivity (Wildman–Crippen MR) is 134 cm³/mol. The maximum Gasteiger partial charge on any atom is 0.295 e. The molecule has 8 nitrogen and oxygen atoms in total. The molecule has 1 aromatic heterocycles. The van der Waals surface area contributed by atoms with E-state index in [0.717, 1.165) is 5.56 Å². The Morgan fingerprint density at radius 3 is 2.36 bits per heavy atom. The number of aliphatic hydroxyl groups is 1. The number of carbonyl (C=O) groups is 2. The van der Waals surface area contributed by atoms with Gasteiger partial charge in [0.25, 0.3) is 11.7 Å². The van der Waals surface area contributed by atoms with Crippen LogP contribution in [0, 0.1) is 0 Å². The molecule has 1 N–H and O–H groups in total. The average Bonchev–Trinajstić information content (AvgIpc) is 3.13. The second-order valence-electron chi connectivity index (χ2n) is 8.59. The molecule has 36 heavy (non-hydrogen) atoms. The van der Waals surface area contributed by atoms with E-state index in [1.165, 1.54) is 19.1 Å². The lowest BCUT2D eigenvalue weighted by Crippen LogP contribution is -2.29.